The zero-order valence-electron chi connectivity index (χ0n) is 21.1. The van der Waals surface area contributed by atoms with Gasteiger partial charge in [-0.25, -0.2) is 4.79 Å². The number of hydrogen-bond donors (Lipinski definition) is 1. The monoisotopic (exact) mass is 500 g/mol. The van der Waals surface area contributed by atoms with E-state index < -0.39 is 11.9 Å². The van der Waals surface area contributed by atoms with Gasteiger partial charge < -0.3 is 29.4 Å². The van der Waals surface area contributed by atoms with Gasteiger partial charge in [-0.15, -0.1) is 0 Å². The highest BCUT2D eigenvalue weighted by molar-refractivity contribution is 5.74. The first-order chi connectivity index (χ1) is 17.9. The molecule has 0 saturated heterocycles. The van der Waals surface area contributed by atoms with Gasteiger partial charge in [0.05, 0.1) is 20.1 Å². The van der Waals surface area contributed by atoms with Crippen molar-refractivity contribution in [2.75, 3.05) is 20.8 Å². The highest BCUT2D eigenvalue weighted by atomic mass is 16.6. The highest BCUT2D eigenvalue weighted by Crippen LogP contribution is 2.47. The lowest BCUT2D eigenvalue weighted by Crippen LogP contribution is -2.22. The first-order valence-corrected chi connectivity index (χ1v) is 11.7. The fourth-order valence-electron chi connectivity index (χ4n) is 4.21. The molecule has 8 nitrogen and oxygen atoms in total. The van der Waals surface area contributed by atoms with E-state index in [9.17, 15) is 10.1 Å². The van der Waals surface area contributed by atoms with E-state index in [1.807, 2.05) is 36.4 Å². The number of benzene rings is 3. The van der Waals surface area contributed by atoms with Gasteiger partial charge in [0.15, 0.2) is 18.1 Å². The molecule has 0 bridgehead atoms. The number of carbonyl (C=O) groups excluding carboxylic acids is 1. The number of carbonyl (C=O) groups is 1. The third-order valence-corrected chi connectivity index (χ3v) is 6.07. The molecule has 1 aliphatic rings. The average Bonchev–Trinajstić information content (AvgIpc) is 2.90. The summed E-state index contributed by atoms with van der Waals surface area (Å²) >= 11 is 0. The van der Waals surface area contributed by atoms with E-state index in [1.54, 1.807) is 31.4 Å². The maximum Gasteiger partial charge on any atom is 0.349 e. The average molecular weight is 501 g/mol. The molecule has 2 N–H and O–H groups in total. The summed E-state index contributed by atoms with van der Waals surface area (Å²) in [6.07, 6.45) is 0. The number of rotatable bonds is 8. The van der Waals surface area contributed by atoms with E-state index >= 15 is 0 Å². The maximum atomic E-state index is 12.4. The Balaban J connectivity index is 1.56. The Morgan fingerprint density at radius 3 is 2.41 bits per heavy atom. The second-order valence-corrected chi connectivity index (χ2v) is 8.69. The van der Waals surface area contributed by atoms with Crippen LogP contribution < -0.4 is 29.4 Å². The van der Waals surface area contributed by atoms with E-state index in [0.717, 1.165) is 0 Å². The molecular weight excluding hydrogens is 472 g/mol. The number of fused-ring (bicyclic) bond motifs is 1. The Bertz CT molecular complexity index is 1370. The molecule has 190 valence electrons. The van der Waals surface area contributed by atoms with Crippen molar-refractivity contribution < 1.29 is 28.5 Å². The van der Waals surface area contributed by atoms with Crippen LogP contribution in [-0.4, -0.2) is 26.8 Å². The molecule has 1 atom stereocenters. The Morgan fingerprint density at radius 1 is 1.03 bits per heavy atom. The third kappa shape index (κ3) is 5.31. The first kappa shape index (κ1) is 25.5. The van der Waals surface area contributed by atoms with Gasteiger partial charge in [-0.05, 0) is 35.7 Å². The summed E-state index contributed by atoms with van der Waals surface area (Å²) in [4.78, 5) is 12.4. The Kier molecular flexibility index (Phi) is 7.54. The van der Waals surface area contributed by atoms with E-state index in [0.29, 0.717) is 40.0 Å². The number of para-hydroxylation sites is 1. The SMILES string of the molecule is COc1cccc(C2C(C#N)=C(N)Oc3cc(OC(=O)COc4ccc(C(C)C)cc4)ccc32)c1OC. The van der Waals surface area contributed by atoms with Crippen molar-refractivity contribution in [3.63, 3.8) is 0 Å². The van der Waals surface area contributed by atoms with Crippen LogP contribution in [0.25, 0.3) is 0 Å². The second kappa shape index (κ2) is 11.0. The Hall–Kier alpha value is -4.64. The molecule has 0 spiro atoms. The molecule has 0 saturated carbocycles. The highest BCUT2D eigenvalue weighted by Gasteiger charge is 2.33. The Labute approximate surface area is 215 Å². The third-order valence-electron chi connectivity index (χ3n) is 6.07. The number of methoxy groups -OCH3 is 2. The summed E-state index contributed by atoms with van der Waals surface area (Å²) in [5.74, 6) is 1.42. The number of esters is 1. The molecular formula is C29H28N2O6. The molecule has 3 aromatic carbocycles. The number of nitrogens with two attached hydrogens (primary N) is 1. The summed E-state index contributed by atoms with van der Waals surface area (Å²) in [5.41, 5.74) is 8.89. The van der Waals surface area contributed by atoms with Crippen molar-refractivity contribution in [3.05, 3.63) is 88.8 Å². The summed E-state index contributed by atoms with van der Waals surface area (Å²) in [5, 5.41) is 9.85. The molecule has 8 heteroatoms. The van der Waals surface area contributed by atoms with Crippen molar-refractivity contribution in [2.24, 2.45) is 5.73 Å². The minimum Gasteiger partial charge on any atom is -0.493 e. The van der Waals surface area contributed by atoms with Gasteiger partial charge in [-0.3, -0.25) is 0 Å². The molecule has 1 unspecified atom stereocenters. The van der Waals surface area contributed by atoms with Crippen molar-refractivity contribution >= 4 is 5.97 Å². The van der Waals surface area contributed by atoms with Gasteiger partial charge in [-0.1, -0.05) is 44.2 Å². The van der Waals surface area contributed by atoms with Crippen LogP contribution in [0.5, 0.6) is 28.7 Å². The normalized spacial score (nSPS) is 14.3. The second-order valence-electron chi connectivity index (χ2n) is 8.69. The predicted molar refractivity (Wildman–Crippen MR) is 137 cm³/mol. The van der Waals surface area contributed by atoms with Crippen LogP contribution >= 0.6 is 0 Å². The lowest BCUT2D eigenvalue weighted by molar-refractivity contribution is -0.136. The van der Waals surface area contributed by atoms with E-state index in [-0.39, 0.29) is 23.8 Å². The molecule has 1 heterocycles. The van der Waals surface area contributed by atoms with Gasteiger partial charge in [0, 0.05) is 17.2 Å². The summed E-state index contributed by atoms with van der Waals surface area (Å²) in [7, 11) is 3.07. The zero-order valence-corrected chi connectivity index (χ0v) is 21.1. The number of allylic oxidation sites excluding steroid dienone is 1. The quantitative estimate of drug-likeness (QED) is 0.338. The van der Waals surface area contributed by atoms with Gasteiger partial charge in [0.2, 0.25) is 5.88 Å². The molecule has 37 heavy (non-hydrogen) atoms. The number of ether oxygens (including phenoxy) is 5. The van der Waals surface area contributed by atoms with Crippen LogP contribution in [0.2, 0.25) is 0 Å². The summed E-state index contributed by atoms with van der Waals surface area (Å²) in [6.45, 7) is 3.95. The largest absolute Gasteiger partial charge is 0.493 e. The topological polar surface area (TPSA) is 113 Å². The van der Waals surface area contributed by atoms with Gasteiger partial charge in [0.1, 0.15) is 28.9 Å². The van der Waals surface area contributed by atoms with Gasteiger partial charge >= 0.3 is 5.97 Å². The zero-order chi connectivity index (χ0) is 26.5. The standard InChI is InChI=1S/C29H28N2O6/c1-17(2)18-8-10-19(11-9-18)35-16-26(32)36-20-12-13-21-25(14-20)37-29(31)23(15-30)27(21)22-6-5-7-24(33-3)28(22)34-4/h5-14,17,27H,16,31H2,1-4H3. The predicted octanol–water partition coefficient (Wildman–Crippen LogP) is 5.03. The van der Waals surface area contributed by atoms with Crippen molar-refractivity contribution in [1.29, 1.82) is 5.26 Å². The van der Waals surface area contributed by atoms with Crippen LogP contribution in [0.4, 0.5) is 0 Å². The Morgan fingerprint density at radius 2 is 1.76 bits per heavy atom. The van der Waals surface area contributed by atoms with E-state index in [4.69, 9.17) is 29.4 Å². The van der Waals surface area contributed by atoms with Crippen molar-refractivity contribution in [2.45, 2.75) is 25.7 Å². The van der Waals surface area contributed by atoms with Crippen LogP contribution in [0.15, 0.2) is 72.1 Å². The fraction of sp³-hybridized carbons (Fsp3) is 0.241. The number of nitriles is 1. The van der Waals surface area contributed by atoms with Gasteiger partial charge in [-0.2, -0.15) is 5.26 Å². The molecule has 0 amide bonds. The van der Waals surface area contributed by atoms with E-state index in [2.05, 4.69) is 19.9 Å². The minimum atomic E-state index is -0.573. The molecule has 4 rings (SSSR count). The molecule has 0 aromatic heterocycles. The van der Waals surface area contributed by atoms with Gasteiger partial charge in [0.25, 0.3) is 0 Å². The summed E-state index contributed by atoms with van der Waals surface area (Å²) in [6, 6.07) is 20.1. The fourth-order valence-corrected chi connectivity index (χ4v) is 4.21. The van der Waals surface area contributed by atoms with Crippen LogP contribution in [0, 0.1) is 11.3 Å². The van der Waals surface area contributed by atoms with Crippen LogP contribution in [0.1, 0.15) is 42.4 Å². The van der Waals surface area contributed by atoms with Crippen molar-refractivity contribution in [1.82, 2.24) is 0 Å². The van der Waals surface area contributed by atoms with Crippen molar-refractivity contribution in [3.8, 4) is 34.8 Å². The number of hydrogen-bond acceptors (Lipinski definition) is 8. The molecule has 0 aliphatic carbocycles. The summed E-state index contributed by atoms with van der Waals surface area (Å²) < 4.78 is 27.8. The maximum absolute atomic E-state index is 12.4. The smallest absolute Gasteiger partial charge is 0.349 e. The van der Waals surface area contributed by atoms with Crippen LogP contribution in [0.3, 0.4) is 0 Å². The molecule has 0 radical (unpaired) electrons. The van der Waals surface area contributed by atoms with E-state index in [1.165, 1.54) is 12.7 Å². The first-order valence-electron chi connectivity index (χ1n) is 11.7. The molecule has 0 fully saturated rings. The lowest BCUT2D eigenvalue weighted by Gasteiger charge is -2.28. The molecule has 1 aliphatic heterocycles. The molecule has 3 aromatic rings. The lowest BCUT2D eigenvalue weighted by atomic mass is 9.83. The minimum absolute atomic E-state index is 0.0403. The number of nitrogens with zero attached hydrogens (tertiary/aromatic N) is 1. The van der Waals surface area contributed by atoms with Crippen LogP contribution in [-0.2, 0) is 4.79 Å².